The van der Waals surface area contributed by atoms with E-state index in [1.54, 1.807) is 28.9 Å². The van der Waals surface area contributed by atoms with Crippen LogP contribution in [0.25, 0.3) is 0 Å². The summed E-state index contributed by atoms with van der Waals surface area (Å²) in [5.74, 6) is -0.143. The van der Waals surface area contributed by atoms with Crippen molar-refractivity contribution in [3.05, 3.63) is 63.6 Å². The average molecular weight is 401 g/mol. The first-order chi connectivity index (χ1) is 11.9. The summed E-state index contributed by atoms with van der Waals surface area (Å²) in [5, 5.41) is 0. The van der Waals surface area contributed by atoms with E-state index in [0.717, 1.165) is 21.3 Å². The first-order valence-electron chi connectivity index (χ1n) is 8.33. The van der Waals surface area contributed by atoms with E-state index in [1.807, 2.05) is 38.1 Å². The third-order valence-corrected chi connectivity index (χ3v) is 5.05. The van der Waals surface area contributed by atoms with Crippen LogP contribution in [-0.2, 0) is 4.79 Å². The van der Waals surface area contributed by atoms with Gasteiger partial charge in [-0.25, -0.2) is 0 Å². The van der Waals surface area contributed by atoms with Gasteiger partial charge in [-0.05, 0) is 68.3 Å². The van der Waals surface area contributed by atoms with Crippen LogP contribution in [0.15, 0.2) is 46.9 Å². The van der Waals surface area contributed by atoms with E-state index in [1.165, 1.54) is 0 Å². The van der Waals surface area contributed by atoms with Crippen molar-refractivity contribution in [1.29, 1.82) is 0 Å². The Balaban J connectivity index is 1.81. The maximum absolute atomic E-state index is 12.9. The Morgan fingerprint density at radius 1 is 1.04 bits per heavy atom. The van der Waals surface area contributed by atoms with Crippen molar-refractivity contribution in [2.45, 2.75) is 26.8 Å². The van der Waals surface area contributed by atoms with E-state index in [4.69, 9.17) is 0 Å². The van der Waals surface area contributed by atoms with Crippen LogP contribution in [0.2, 0.25) is 0 Å². The van der Waals surface area contributed by atoms with Crippen molar-refractivity contribution in [1.82, 2.24) is 4.90 Å². The molecule has 0 spiro atoms. The second kappa shape index (κ2) is 7.00. The average Bonchev–Trinajstić information content (AvgIpc) is 2.56. The first-order valence-corrected chi connectivity index (χ1v) is 9.12. The Bertz CT molecular complexity index is 797. The Morgan fingerprint density at radius 3 is 2.24 bits per heavy atom. The van der Waals surface area contributed by atoms with E-state index in [-0.39, 0.29) is 11.8 Å². The fourth-order valence-corrected chi connectivity index (χ4v) is 3.53. The minimum Gasteiger partial charge on any atom is -0.325 e. The lowest BCUT2D eigenvalue weighted by Crippen LogP contribution is -2.57. The van der Waals surface area contributed by atoms with Gasteiger partial charge in [-0.1, -0.05) is 22.0 Å². The maximum atomic E-state index is 12.9. The highest BCUT2D eigenvalue weighted by Crippen LogP contribution is 2.24. The quantitative estimate of drug-likeness (QED) is 0.765. The number of benzene rings is 2. The monoisotopic (exact) mass is 400 g/mol. The molecule has 1 fully saturated rings. The van der Waals surface area contributed by atoms with Gasteiger partial charge in [0.15, 0.2) is 0 Å². The Morgan fingerprint density at radius 2 is 1.64 bits per heavy atom. The van der Waals surface area contributed by atoms with Crippen molar-refractivity contribution < 1.29 is 9.59 Å². The number of hydrogen-bond donors (Lipinski definition) is 0. The summed E-state index contributed by atoms with van der Waals surface area (Å²) in [6.07, 6.45) is 0. The summed E-state index contributed by atoms with van der Waals surface area (Å²) in [7, 11) is 0. The second-order valence-corrected chi connectivity index (χ2v) is 7.43. The van der Waals surface area contributed by atoms with Crippen LogP contribution in [0.5, 0.6) is 0 Å². The van der Waals surface area contributed by atoms with Gasteiger partial charge in [0.05, 0.1) is 0 Å². The second-order valence-electron chi connectivity index (χ2n) is 6.52. The predicted molar refractivity (Wildman–Crippen MR) is 103 cm³/mol. The number of carbonyl (C=O) groups is 2. The molecule has 4 nitrogen and oxygen atoms in total. The van der Waals surface area contributed by atoms with Gasteiger partial charge in [0.2, 0.25) is 5.91 Å². The van der Waals surface area contributed by atoms with Gasteiger partial charge < -0.3 is 9.80 Å². The number of amides is 2. The lowest BCUT2D eigenvalue weighted by molar-refractivity contribution is -0.124. The van der Waals surface area contributed by atoms with Crippen molar-refractivity contribution in [3.63, 3.8) is 0 Å². The lowest BCUT2D eigenvalue weighted by atomic mass is 10.1. The van der Waals surface area contributed by atoms with Crippen LogP contribution in [0.1, 0.15) is 28.4 Å². The number of carbonyl (C=O) groups excluding carboxylic acids is 2. The smallest absolute Gasteiger partial charge is 0.254 e. The molecule has 0 N–H and O–H groups in total. The van der Waals surface area contributed by atoms with Crippen LogP contribution in [0, 0.1) is 13.8 Å². The fraction of sp³-hybridized carbons (Fsp3) is 0.300. The highest BCUT2D eigenvalue weighted by atomic mass is 79.9. The largest absolute Gasteiger partial charge is 0.325 e. The Hall–Kier alpha value is -2.14. The highest BCUT2D eigenvalue weighted by Gasteiger charge is 2.35. The van der Waals surface area contributed by atoms with Crippen molar-refractivity contribution >= 4 is 33.4 Å². The lowest BCUT2D eigenvalue weighted by Gasteiger charge is -2.39. The predicted octanol–water partition coefficient (Wildman–Crippen LogP) is 3.94. The number of aryl methyl sites for hydroxylation is 2. The molecule has 1 atom stereocenters. The van der Waals surface area contributed by atoms with Gasteiger partial charge in [0, 0.05) is 28.8 Å². The fourth-order valence-electron chi connectivity index (χ4n) is 3.27. The highest BCUT2D eigenvalue weighted by molar-refractivity contribution is 9.10. The molecule has 130 valence electrons. The van der Waals surface area contributed by atoms with Crippen LogP contribution in [0.4, 0.5) is 5.69 Å². The molecular weight excluding hydrogens is 380 g/mol. The number of nitrogens with zero attached hydrogens (tertiary/aromatic N) is 2. The van der Waals surface area contributed by atoms with Crippen molar-refractivity contribution in [2.75, 3.05) is 18.0 Å². The molecule has 2 aromatic rings. The van der Waals surface area contributed by atoms with E-state index in [9.17, 15) is 9.59 Å². The van der Waals surface area contributed by atoms with Gasteiger partial charge in [0.1, 0.15) is 6.04 Å². The zero-order chi connectivity index (χ0) is 18.1. The zero-order valence-electron chi connectivity index (χ0n) is 14.6. The molecule has 0 saturated carbocycles. The molecular formula is C20H21BrN2O2. The topological polar surface area (TPSA) is 40.6 Å². The molecule has 1 aliphatic heterocycles. The number of anilines is 1. The number of hydrogen-bond acceptors (Lipinski definition) is 2. The van der Waals surface area contributed by atoms with Gasteiger partial charge in [-0.2, -0.15) is 0 Å². The minimum atomic E-state index is -0.481. The third kappa shape index (κ3) is 3.61. The van der Waals surface area contributed by atoms with E-state index < -0.39 is 6.04 Å². The van der Waals surface area contributed by atoms with Crippen LogP contribution in [-0.4, -0.2) is 35.8 Å². The van der Waals surface area contributed by atoms with Crippen LogP contribution < -0.4 is 4.90 Å². The molecule has 1 heterocycles. The van der Waals surface area contributed by atoms with E-state index >= 15 is 0 Å². The molecule has 3 rings (SSSR count). The number of piperazine rings is 1. The van der Waals surface area contributed by atoms with Crippen LogP contribution >= 0.6 is 15.9 Å². The standard InChI is InChI=1S/C20H21BrN2O2/c1-13-10-14(2)12-18(11-13)23-9-8-22(15(3)19(23)24)20(25)16-4-6-17(21)7-5-16/h4-7,10-12,15H,8-9H2,1-3H3. The molecule has 0 aliphatic carbocycles. The molecule has 0 bridgehead atoms. The summed E-state index contributed by atoms with van der Waals surface area (Å²) in [6.45, 7) is 6.88. The summed E-state index contributed by atoms with van der Waals surface area (Å²) in [6, 6.07) is 12.9. The third-order valence-electron chi connectivity index (χ3n) is 4.53. The van der Waals surface area contributed by atoms with Gasteiger partial charge in [-0.15, -0.1) is 0 Å². The van der Waals surface area contributed by atoms with Gasteiger partial charge >= 0.3 is 0 Å². The normalized spacial score (nSPS) is 17.8. The summed E-state index contributed by atoms with van der Waals surface area (Å²) >= 11 is 3.37. The molecule has 1 unspecified atom stereocenters. The van der Waals surface area contributed by atoms with Crippen molar-refractivity contribution in [3.8, 4) is 0 Å². The summed E-state index contributed by atoms with van der Waals surface area (Å²) < 4.78 is 0.924. The summed E-state index contributed by atoms with van der Waals surface area (Å²) in [5.41, 5.74) is 3.76. The molecule has 25 heavy (non-hydrogen) atoms. The number of halogens is 1. The maximum Gasteiger partial charge on any atom is 0.254 e. The minimum absolute atomic E-state index is 0.0401. The molecule has 2 amide bonds. The summed E-state index contributed by atoms with van der Waals surface area (Å²) in [4.78, 5) is 29.1. The van der Waals surface area contributed by atoms with Crippen molar-refractivity contribution in [2.24, 2.45) is 0 Å². The Kier molecular flexibility index (Phi) is 4.95. The Labute approximate surface area is 156 Å². The number of rotatable bonds is 2. The molecule has 1 aliphatic rings. The zero-order valence-corrected chi connectivity index (χ0v) is 16.2. The first kappa shape index (κ1) is 17.7. The molecule has 0 radical (unpaired) electrons. The molecule has 0 aromatic heterocycles. The van der Waals surface area contributed by atoms with Crippen LogP contribution in [0.3, 0.4) is 0 Å². The molecule has 5 heteroatoms. The van der Waals surface area contributed by atoms with Gasteiger partial charge in [-0.3, -0.25) is 9.59 Å². The van der Waals surface area contributed by atoms with E-state index in [0.29, 0.717) is 18.7 Å². The van der Waals surface area contributed by atoms with E-state index in [2.05, 4.69) is 22.0 Å². The molecule has 2 aromatic carbocycles. The molecule has 1 saturated heterocycles. The SMILES string of the molecule is Cc1cc(C)cc(N2CCN(C(=O)c3ccc(Br)cc3)C(C)C2=O)c1. The van der Waals surface area contributed by atoms with Gasteiger partial charge in [0.25, 0.3) is 5.91 Å².